The van der Waals surface area contributed by atoms with Gasteiger partial charge in [-0.05, 0) is 25.0 Å². The van der Waals surface area contributed by atoms with E-state index in [2.05, 4.69) is 11.9 Å². The number of amides is 1. The zero-order chi connectivity index (χ0) is 15.7. The summed E-state index contributed by atoms with van der Waals surface area (Å²) in [7, 11) is 0. The van der Waals surface area contributed by atoms with Crippen molar-refractivity contribution in [2.75, 3.05) is 12.3 Å². The third-order valence-electron chi connectivity index (χ3n) is 3.87. The van der Waals surface area contributed by atoms with Crippen LogP contribution >= 0.6 is 11.8 Å². The first-order valence-corrected chi connectivity index (χ1v) is 8.57. The molecule has 1 fully saturated rings. The molecule has 0 N–H and O–H groups in total. The highest BCUT2D eigenvalue weighted by molar-refractivity contribution is 8.00. The Morgan fingerprint density at radius 3 is 3.05 bits per heavy atom. The molecule has 3 heterocycles. The molecule has 2 aromatic heterocycles. The summed E-state index contributed by atoms with van der Waals surface area (Å²) in [5.74, 6) is 0.731. The average molecular weight is 317 g/mol. The summed E-state index contributed by atoms with van der Waals surface area (Å²) >= 11 is 1.79. The molecule has 0 aliphatic carbocycles. The largest absolute Gasteiger partial charge is 0.326 e. The average Bonchev–Trinajstić information content (AvgIpc) is 2.96. The summed E-state index contributed by atoms with van der Waals surface area (Å²) in [6.45, 7) is 4.72. The van der Waals surface area contributed by atoms with Crippen molar-refractivity contribution in [3.63, 3.8) is 0 Å². The van der Waals surface area contributed by atoms with E-state index in [9.17, 15) is 9.59 Å². The van der Waals surface area contributed by atoms with E-state index in [1.54, 1.807) is 24.0 Å². The first kappa shape index (κ1) is 15.1. The predicted molar refractivity (Wildman–Crippen MR) is 88.4 cm³/mol. The van der Waals surface area contributed by atoms with Gasteiger partial charge in [0.1, 0.15) is 11.2 Å². The highest BCUT2D eigenvalue weighted by atomic mass is 32.2. The van der Waals surface area contributed by atoms with Gasteiger partial charge in [0, 0.05) is 24.7 Å². The molecular formula is C16H19N3O2S. The van der Waals surface area contributed by atoms with Gasteiger partial charge in [0.05, 0.1) is 5.37 Å². The third-order valence-corrected chi connectivity index (χ3v) is 5.16. The Labute approximate surface area is 133 Å². The Hall–Kier alpha value is -1.82. The van der Waals surface area contributed by atoms with Crippen molar-refractivity contribution in [3.05, 3.63) is 46.0 Å². The van der Waals surface area contributed by atoms with Gasteiger partial charge in [-0.2, -0.15) is 0 Å². The Balaban J connectivity index is 2.01. The zero-order valence-corrected chi connectivity index (χ0v) is 13.6. The number of aromatic nitrogens is 2. The fraction of sp³-hybridized carbons (Fsp3) is 0.438. The first-order chi connectivity index (χ1) is 10.6. The molecule has 0 unspecified atom stereocenters. The van der Waals surface area contributed by atoms with Crippen LogP contribution in [0.5, 0.6) is 0 Å². The molecule has 0 spiro atoms. The van der Waals surface area contributed by atoms with Gasteiger partial charge in [0.25, 0.3) is 11.5 Å². The molecular weight excluding hydrogens is 298 g/mol. The molecule has 3 rings (SSSR count). The molecule has 1 aliphatic rings. The molecule has 0 radical (unpaired) electrons. The zero-order valence-electron chi connectivity index (χ0n) is 12.8. The molecule has 0 bridgehead atoms. The van der Waals surface area contributed by atoms with Crippen LogP contribution in [0.1, 0.15) is 35.7 Å². The highest BCUT2D eigenvalue weighted by Gasteiger charge is 2.31. The minimum Gasteiger partial charge on any atom is -0.326 e. The summed E-state index contributed by atoms with van der Waals surface area (Å²) in [5.41, 5.74) is 1.40. The van der Waals surface area contributed by atoms with Gasteiger partial charge in [0.2, 0.25) is 0 Å². The number of hydrogen-bond acceptors (Lipinski definition) is 4. The van der Waals surface area contributed by atoms with Crippen molar-refractivity contribution in [1.29, 1.82) is 0 Å². The molecule has 116 valence electrons. The standard InChI is InChI=1S/C16H19N3O2S/c1-3-4-14-18(7-8-22-14)15(20)12-9-17-13-6-5-11(2)10-19(13)16(12)21/h5-6,9-10,14H,3-4,7-8H2,1-2H3/t14-/m1/s1. The summed E-state index contributed by atoms with van der Waals surface area (Å²) in [4.78, 5) is 31.4. The Morgan fingerprint density at radius 2 is 2.27 bits per heavy atom. The topological polar surface area (TPSA) is 54.7 Å². The highest BCUT2D eigenvalue weighted by Crippen LogP contribution is 2.28. The number of nitrogens with zero attached hydrogens (tertiary/aromatic N) is 3. The number of carbonyl (C=O) groups is 1. The summed E-state index contributed by atoms with van der Waals surface area (Å²) < 4.78 is 1.46. The van der Waals surface area contributed by atoms with Crippen LogP contribution in [-0.2, 0) is 0 Å². The number of aryl methyl sites for hydroxylation is 1. The Morgan fingerprint density at radius 1 is 1.45 bits per heavy atom. The molecule has 22 heavy (non-hydrogen) atoms. The van der Waals surface area contributed by atoms with Crippen LogP contribution in [0.15, 0.2) is 29.3 Å². The van der Waals surface area contributed by atoms with Gasteiger partial charge in [-0.15, -0.1) is 11.8 Å². The maximum Gasteiger partial charge on any atom is 0.270 e. The number of rotatable bonds is 3. The number of fused-ring (bicyclic) bond motifs is 1. The lowest BCUT2D eigenvalue weighted by atomic mass is 10.2. The van der Waals surface area contributed by atoms with Gasteiger partial charge in [-0.1, -0.05) is 19.4 Å². The number of carbonyl (C=O) groups excluding carboxylic acids is 1. The van der Waals surface area contributed by atoms with Crippen molar-refractivity contribution in [2.24, 2.45) is 0 Å². The Bertz CT molecular complexity index is 772. The van der Waals surface area contributed by atoms with Gasteiger partial charge in [0.15, 0.2) is 0 Å². The van der Waals surface area contributed by atoms with Crippen LogP contribution in [0, 0.1) is 6.92 Å². The molecule has 0 saturated carbocycles. The van der Waals surface area contributed by atoms with Crippen molar-refractivity contribution >= 4 is 23.3 Å². The van der Waals surface area contributed by atoms with E-state index in [1.807, 2.05) is 17.9 Å². The predicted octanol–water partition coefficient (Wildman–Crippen LogP) is 2.32. The molecule has 1 aliphatic heterocycles. The number of hydrogen-bond donors (Lipinski definition) is 0. The van der Waals surface area contributed by atoms with Crippen LogP contribution in [0.4, 0.5) is 0 Å². The lowest BCUT2D eigenvalue weighted by molar-refractivity contribution is 0.0754. The van der Waals surface area contributed by atoms with Gasteiger partial charge >= 0.3 is 0 Å². The van der Waals surface area contributed by atoms with E-state index in [0.717, 1.165) is 24.2 Å². The number of thioether (sulfide) groups is 1. The van der Waals surface area contributed by atoms with E-state index < -0.39 is 0 Å². The van der Waals surface area contributed by atoms with E-state index in [1.165, 1.54) is 10.6 Å². The monoisotopic (exact) mass is 317 g/mol. The van der Waals surface area contributed by atoms with Gasteiger partial charge < -0.3 is 4.90 Å². The van der Waals surface area contributed by atoms with E-state index >= 15 is 0 Å². The molecule has 1 amide bonds. The molecule has 0 aromatic carbocycles. The molecule has 1 atom stereocenters. The SMILES string of the molecule is CCC[C@H]1SCCN1C(=O)c1cnc2ccc(C)cn2c1=O. The second-order valence-electron chi connectivity index (χ2n) is 5.52. The minimum atomic E-state index is -0.286. The van der Waals surface area contributed by atoms with Crippen LogP contribution in [0.25, 0.3) is 5.65 Å². The normalized spacial score (nSPS) is 18.1. The lowest BCUT2D eigenvalue weighted by Crippen LogP contribution is -2.38. The van der Waals surface area contributed by atoms with E-state index in [4.69, 9.17) is 0 Å². The minimum absolute atomic E-state index is 0.159. The van der Waals surface area contributed by atoms with Crippen LogP contribution in [-0.4, -0.2) is 37.9 Å². The van der Waals surface area contributed by atoms with E-state index in [0.29, 0.717) is 12.2 Å². The van der Waals surface area contributed by atoms with Crippen LogP contribution in [0.2, 0.25) is 0 Å². The fourth-order valence-electron chi connectivity index (χ4n) is 2.72. The first-order valence-electron chi connectivity index (χ1n) is 7.52. The maximum atomic E-state index is 12.7. The van der Waals surface area contributed by atoms with Crippen LogP contribution < -0.4 is 5.56 Å². The Kier molecular flexibility index (Phi) is 4.20. The maximum absolute atomic E-state index is 12.7. The molecule has 5 nitrogen and oxygen atoms in total. The smallest absolute Gasteiger partial charge is 0.270 e. The molecule has 2 aromatic rings. The van der Waals surface area contributed by atoms with Gasteiger partial charge in [-0.25, -0.2) is 4.98 Å². The van der Waals surface area contributed by atoms with Crippen molar-refractivity contribution < 1.29 is 4.79 Å². The number of pyridine rings is 1. The fourth-order valence-corrected chi connectivity index (χ4v) is 4.08. The second kappa shape index (κ2) is 6.12. The molecule has 1 saturated heterocycles. The summed E-state index contributed by atoms with van der Waals surface area (Å²) in [6, 6.07) is 3.69. The van der Waals surface area contributed by atoms with Crippen molar-refractivity contribution in [1.82, 2.24) is 14.3 Å². The summed E-state index contributed by atoms with van der Waals surface area (Å²) in [5, 5.41) is 0.176. The van der Waals surface area contributed by atoms with Crippen molar-refractivity contribution in [3.8, 4) is 0 Å². The third kappa shape index (κ3) is 2.63. The van der Waals surface area contributed by atoms with E-state index in [-0.39, 0.29) is 22.4 Å². The summed E-state index contributed by atoms with van der Waals surface area (Å²) in [6.07, 6.45) is 5.12. The quantitative estimate of drug-likeness (QED) is 0.872. The van der Waals surface area contributed by atoms with Gasteiger partial charge in [-0.3, -0.25) is 14.0 Å². The van der Waals surface area contributed by atoms with Crippen molar-refractivity contribution in [2.45, 2.75) is 32.1 Å². The lowest BCUT2D eigenvalue weighted by Gasteiger charge is -2.23. The second-order valence-corrected chi connectivity index (χ2v) is 6.81. The van der Waals surface area contributed by atoms with Crippen LogP contribution in [0.3, 0.4) is 0 Å². The molecule has 6 heteroatoms.